The fourth-order valence-corrected chi connectivity index (χ4v) is 3.35. The average Bonchev–Trinajstić information content (AvgIpc) is 2.91. The van der Waals surface area contributed by atoms with Crippen LogP contribution >= 0.6 is 0 Å². The molecule has 0 aliphatic carbocycles. The molecule has 1 heterocycles. The zero-order valence-electron chi connectivity index (χ0n) is 10.9. The third kappa shape index (κ3) is 3.02. The molecule has 0 radical (unpaired) electrons. The molecule has 0 unspecified atom stereocenters. The molecule has 102 valence electrons. The van der Waals surface area contributed by atoms with E-state index in [2.05, 4.69) is 10.2 Å². The molecule has 6 heteroatoms. The summed E-state index contributed by atoms with van der Waals surface area (Å²) < 4.78 is 26.4. The first-order valence-corrected chi connectivity index (χ1v) is 7.51. The Balaban J connectivity index is 2.31. The van der Waals surface area contributed by atoms with Gasteiger partial charge in [-0.3, -0.25) is 5.10 Å². The summed E-state index contributed by atoms with van der Waals surface area (Å²) in [5.41, 5.74) is 0.958. The van der Waals surface area contributed by atoms with Gasteiger partial charge in [0, 0.05) is 12.6 Å². The minimum atomic E-state index is -3.54. The predicted octanol–water partition coefficient (Wildman–Crippen LogP) is 2.01. The van der Waals surface area contributed by atoms with E-state index in [0.29, 0.717) is 6.54 Å². The molecule has 0 fully saturated rings. The molecule has 5 nitrogen and oxygen atoms in total. The Bertz CT molecular complexity index is 607. The maximum atomic E-state index is 12.5. The van der Waals surface area contributed by atoms with Crippen molar-refractivity contribution in [3.8, 4) is 0 Å². The molecule has 1 aromatic heterocycles. The van der Waals surface area contributed by atoms with Gasteiger partial charge in [0.2, 0.25) is 0 Å². The summed E-state index contributed by atoms with van der Waals surface area (Å²) in [7, 11) is -3.54. The molecule has 0 saturated carbocycles. The second-order valence-corrected chi connectivity index (χ2v) is 6.41. The van der Waals surface area contributed by atoms with Crippen molar-refractivity contribution in [2.45, 2.75) is 31.5 Å². The molecule has 2 aromatic rings. The highest BCUT2D eigenvalue weighted by Crippen LogP contribution is 2.18. The van der Waals surface area contributed by atoms with Crippen molar-refractivity contribution in [3.05, 3.63) is 48.2 Å². The number of aromatic nitrogens is 2. The molecule has 0 aliphatic rings. The summed E-state index contributed by atoms with van der Waals surface area (Å²) in [5.74, 6) is 0. The van der Waals surface area contributed by atoms with Crippen molar-refractivity contribution in [1.82, 2.24) is 14.5 Å². The van der Waals surface area contributed by atoms with E-state index in [1.807, 2.05) is 44.2 Å². The van der Waals surface area contributed by atoms with Crippen LogP contribution in [-0.2, 0) is 16.6 Å². The highest BCUT2D eigenvalue weighted by atomic mass is 32.2. The van der Waals surface area contributed by atoms with Crippen molar-refractivity contribution >= 4 is 10.0 Å². The summed E-state index contributed by atoms with van der Waals surface area (Å²) >= 11 is 0. The van der Waals surface area contributed by atoms with Gasteiger partial charge in [-0.1, -0.05) is 30.3 Å². The molecule has 0 bridgehead atoms. The second-order valence-electron chi connectivity index (χ2n) is 4.55. The lowest BCUT2D eigenvalue weighted by Crippen LogP contribution is -2.36. The van der Waals surface area contributed by atoms with E-state index in [4.69, 9.17) is 0 Å². The van der Waals surface area contributed by atoms with Gasteiger partial charge in [-0.2, -0.15) is 9.40 Å². The Morgan fingerprint density at radius 3 is 2.42 bits per heavy atom. The molecular weight excluding hydrogens is 262 g/mol. The Labute approximate surface area is 113 Å². The van der Waals surface area contributed by atoms with Crippen LogP contribution in [0.2, 0.25) is 0 Å². The largest absolute Gasteiger partial charge is 0.266 e. The number of nitrogens with zero attached hydrogens (tertiary/aromatic N) is 2. The first-order valence-electron chi connectivity index (χ1n) is 6.07. The minimum Gasteiger partial charge on any atom is -0.266 e. The second kappa shape index (κ2) is 5.54. The number of aromatic amines is 1. The molecule has 1 N–H and O–H groups in total. The van der Waals surface area contributed by atoms with Gasteiger partial charge in [0.15, 0.2) is 5.03 Å². The maximum Gasteiger partial charge on any atom is 0.260 e. The highest BCUT2D eigenvalue weighted by molar-refractivity contribution is 7.89. The fourth-order valence-electron chi connectivity index (χ4n) is 1.82. The van der Waals surface area contributed by atoms with E-state index in [9.17, 15) is 8.42 Å². The van der Waals surface area contributed by atoms with E-state index in [1.54, 1.807) is 0 Å². The lowest BCUT2D eigenvalue weighted by Gasteiger charge is -2.25. The van der Waals surface area contributed by atoms with Gasteiger partial charge in [0.05, 0.1) is 6.20 Å². The van der Waals surface area contributed by atoms with Crippen LogP contribution in [-0.4, -0.2) is 29.0 Å². The van der Waals surface area contributed by atoms with Crippen LogP contribution in [0.4, 0.5) is 0 Å². The molecule has 0 amide bonds. The van der Waals surface area contributed by atoms with E-state index >= 15 is 0 Å². The number of rotatable bonds is 5. The van der Waals surface area contributed by atoms with Crippen molar-refractivity contribution in [1.29, 1.82) is 0 Å². The third-order valence-electron chi connectivity index (χ3n) is 2.82. The van der Waals surface area contributed by atoms with E-state index in [0.717, 1.165) is 5.56 Å². The molecule has 0 atom stereocenters. The Morgan fingerprint density at radius 2 is 1.89 bits per heavy atom. The molecule has 2 rings (SSSR count). The molecule has 1 aromatic carbocycles. The van der Waals surface area contributed by atoms with E-state index in [1.165, 1.54) is 16.6 Å². The van der Waals surface area contributed by atoms with Crippen LogP contribution in [0.1, 0.15) is 19.4 Å². The SMILES string of the molecule is CC(C)N(Cc1ccccc1)S(=O)(=O)c1ccn[nH]1. The maximum absolute atomic E-state index is 12.5. The predicted molar refractivity (Wildman–Crippen MR) is 72.9 cm³/mol. The fraction of sp³-hybridized carbons (Fsp3) is 0.308. The zero-order valence-corrected chi connectivity index (χ0v) is 11.8. The summed E-state index contributed by atoms with van der Waals surface area (Å²) in [4.78, 5) is 0. The van der Waals surface area contributed by atoms with Crippen LogP contribution in [0.5, 0.6) is 0 Å². The summed E-state index contributed by atoms with van der Waals surface area (Å²) in [6.07, 6.45) is 1.44. The van der Waals surface area contributed by atoms with E-state index in [-0.39, 0.29) is 11.1 Å². The molecule has 0 aliphatic heterocycles. The molecule has 0 saturated heterocycles. The molecule has 19 heavy (non-hydrogen) atoms. The van der Waals surface area contributed by atoms with E-state index < -0.39 is 10.0 Å². The van der Waals surface area contributed by atoms with Crippen molar-refractivity contribution in [3.63, 3.8) is 0 Å². The number of hydrogen-bond acceptors (Lipinski definition) is 3. The lowest BCUT2D eigenvalue weighted by molar-refractivity contribution is 0.346. The normalized spacial score (nSPS) is 12.2. The minimum absolute atomic E-state index is 0.122. The summed E-state index contributed by atoms with van der Waals surface area (Å²) in [6, 6.07) is 10.9. The van der Waals surface area contributed by atoms with Crippen LogP contribution in [0.15, 0.2) is 47.6 Å². The topological polar surface area (TPSA) is 66.1 Å². The first kappa shape index (κ1) is 13.8. The highest BCUT2D eigenvalue weighted by Gasteiger charge is 2.28. The van der Waals surface area contributed by atoms with Crippen molar-refractivity contribution in [2.24, 2.45) is 0 Å². The Hall–Kier alpha value is -1.66. The quantitative estimate of drug-likeness (QED) is 0.910. The molecular formula is C13H17N3O2S. The number of nitrogens with one attached hydrogen (secondary N) is 1. The van der Waals surface area contributed by atoms with Crippen molar-refractivity contribution < 1.29 is 8.42 Å². The van der Waals surface area contributed by atoms with Gasteiger partial charge in [-0.25, -0.2) is 8.42 Å². The van der Waals surface area contributed by atoms with Gasteiger partial charge in [0.25, 0.3) is 10.0 Å². The number of benzene rings is 1. The smallest absolute Gasteiger partial charge is 0.260 e. The van der Waals surface area contributed by atoms with Crippen LogP contribution in [0.3, 0.4) is 0 Å². The number of H-pyrrole nitrogens is 1. The van der Waals surface area contributed by atoms with Crippen LogP contribution in [0.25, 0.3) is 0 Å². The van der Waals surface area contributed by atoms with Gasteiger partial charge in [-0.15, -0.1) is 0 Å². The zero-order chi connectivity index (χ0) is 13.9. The standard InChI is InChI=1S/C13H17N3O2S/c1-11(2)16(10-12-6-4-3-5-7-12)19(17,18)13-8-9-14-15-13/h3-9,11H,10H2,1-2H3,(H,14,15). The van der Waals surface area contributed by atoms with Gasteiger partial charge < -0.3 is 0 Å². The summed E-state index contributed by atoms with van der Waals surface area (Å²) in [5, 5.41) is 6.35. The Kier molecular flexibility index (Phi) is 4.01. The summed E-state index contributed by atoms with van der Waals surface area (Å²) in [6.45, 7) is 4.06. The van der Waals surface area contributed by atoms with Gasteiger partial charge >= 0.3 is 0 Å². The molecule has 0 spiro atoms. The number of sulfonamides is 1. The lowest BCUT2D eigenvalue weighted by atomic mass is 10.2. The third-order valence-corrected chi connectivity index (χ3v) is 4.77. The Morgan fingerprint density at radius 1 is 1.21 bits per heavy atom. The average molecular weight is 279 g/mol. The van der Waals surface area contributed by atoms with Crippen LogP contribution in [0, 0.1) is 0 Å². The number of hydrogen-bond donors (Lipinski definition) is 1. The van der Waals surface area contributed by atoms with Gasteiger partial charge in [0.1, 0.15) is 0 Å². The first-order chi connectivity index (χ1) is 9.01. The monoisotopic (exact) mass is 279 g/mol. The van der Waals surface area contributed by atoms with Crippen LogP contribution < -0.4 is 0 Å². The van der Waals surface area contributed by atoms with Gasteiger partial charge in [-0.05, 0) is 25.5 Å². The van der Waals surface area contributed by atoms with Crippen molar-refractivity contribution in [2.75, 3.05) is 0 Å².